The van der Waals surface area contributed by atoms with E-state index in [4.69, 9.17) is 5.73 Å². The lowest BCUT2D eigenvalue weighted by Gasteiger charge is -2.19. The summed E-state index contributed by atoms with van der Waals surface area (Å²) in [6.45, 7) is 6.52. The van der Waals surface area contributed by atoms with E-state index in [1.165, 1.54) is 19.4 Å². The number of hydrogen-bond acceptors (Lipinski definition) is 3. The van der Waals surface area contributed by atoms with Gasteiger partial charge in [0.2, 0.25) is 0 Å². The van der Waals surface area contributed by atoms with Crippen molar-refractivity contribution in [2.75, 3.05) is 13.6 Å². The standard InChI is InChI=1S/C13H24N4.ClH/c1-10(2)13(14)12-8-17(9-15-12)7-11-5-4-6-16(11)3;/h8-11,13H,4-7,14H2,1-3H3;1H/t11-,13+;/m1./s1. The number of imidazole rings is 1. The number of aromatic nitrogens is 2. The van der Waals surface area contributed by atoms with E-state index in [-0.39, 0.29) is 18.4 Å². The molecule has 0 unspecified atom stereocenters. The molecule has 2 heterocycles. The zero-order valence-electron chi connectivity index (χ0n) is 11.5. The highest BCUT2D eigenvalue weighted by Gasteiger charge is 2.21. The van der Waals surface area contributed by atoms with E-state index < -0.39 is 0 Å². The van der Waals surface area contributed by atoms with Crippen molar-refractivity contribution < 1.29 is 0 Å². The molecule has 0 aliphatic carbocycles. The van der Waals surface area contributed by atoms with Gasteiger partial charge in [0.05, 0.1) is 18.1 Å². The van der Waals surface area contributed by atoms with Gasteiger partial charge in [-0.15, -0.1) is 12.4 Å². The molecule has 0 aromatic carbocycles. The van der Waals surface area contributed by atoms with E-state index in [0.29, 0.717) is 12.0 Å². The largest absolute Gasteiger partial charge is 0.336 e. The van der Waals surface area contributed by atoms with Crippen molar-refractivity contribution >= 4 is 12.4 Å². The molecule has 0 saturated carbocycles. The van der Waals surface area contributed by atoms with Crippen LogP contribution in [0.2, 0.25) is 0 Å². The Morgan fingerprint density at radius 2 is 2.22 bits per heavy atom. The summed E-state index contributed by atoms with van der Waals surface area (Å²) in [5, 5.41) is 0. The molecule has 2 atom stereocenters. The lowest BCUT2D eigenvalue weighted by Crippen LogP contribution is -2.28. The zero-order chi connectivity index (χ0) is 12.4. The Labute approximate surface area is 116 Å². The Kier molecular flexibility index (Phi) is 5.63. The van der Waals surface area contributed by atoms with Crippen LogP contribution in [0.1, 0.15) is 38.4 Å². The predicted octanol–water partition coefficient (Wildman–Crippen LogP) is 2.05. The normalized spacial score (nSPS) is 22.2. The third-order valence-corrected chi connectivity index (χ3v) is 3.81. The Hall–Kier alpha value is -0.580. The molecule has 18 heavy (non-hydrogen) atoms. The number of rotatable bonds is 4. The summed E-state index contributed by atoms with van der Waals surface area (Å²) < 4.78 is 2.18. The van der Waals surface area contributed by atoms with Crippen LogP contribution >= 0.6 is 12.4 Å². The van der Waals surface area contributed by atoms with Crippen LogP contribution in [0.3, 0.4) is 0 Å². The minimum absolute atomic E-state index is 0. The van der Waals surface area contributed by atoms with Gasteiger partial charge in [-0.2, -0.15) is 0 Å². The predicted molar refractivity (Wildman–Crippen MR) is 76.9 cm³/mol. The van der Waals surface area contributed by atoms with Crippen LogP contribution in [0, 0.1) is 5.92 Å². The summed E-state index contributed by atoms with van der Waals surface area (Å²) in [5.74, 6) is 0.438. The summed E-state index contributed by atoms with van der Waals surface area (Å²) in [4.78, 5) is 6.86. The molecule has 0 spiro atoms. The molecular formula is C13H25ClN4. The molecule has 0 bridgehead atoms. The molecule has 0 radical (unpaired) electrons. The molecule has 1 fully saturated rings. The van der Waals surface area contributed by atoms with Crippen molar-refractivity contribution in [3.63, 3.8) is 0 Å². The highest BCUT2D eigenvalue weighted by atomic mass is 35.5. The highest BCUT2D eigenvalue weighted by molar-refractivity contribution is 5.85. The smallest absolute Gasteiger partial charge is 0.0950 e. The second-order valence-corrected chi connectivity index (χ2v) is 5.54. The molecule has 104 valence electrons. The summed E-state index contributed by atoms with van der Waals surface area (Å²) >= 11 is 0. The summed E-state index contributed by atoms with van der Waals surface area (Å²) in [7, 11) is 2.20. The first kappa shape index (κ1) is 15.5. The van der Waals surface area contributed by atoms with Gasteiger partial charge < -0.3 is 15.2 Å². The molecule has 1 aromatic rings. The molecule has 2 N–H and O–H groups in total. The summed E-state index contributed by atoms with van der Waals surface area (Å²) in [5.41, 5.74) is 7.11. The van der Waals surface area contributed by atoms with Gasteiger partial charge in [-0.1, -0.05) is 13.8 Å². The second kappa shape index (κ2) is 6.55. The number of hydrogen-bond donors (Lipinski definition) is 1. The summed E-state index contributed by atoms with van der Waals surface area (Å²) in [6, 6.07) is 0.713. The van der Waals surface area contributed by atoms with Gasteiger partial charge >= 0.3 is 0 Å². The molecule has 1 aliphatic rings. The SMILES string of the molecule is CC(C)[C@H](N)c1cn(C[C@H]2CCCN2C)cn1.Cl. The van der Waals surface area contributed by atoms with Crippen LogP contribution in [0.15, 0.2) is 12.5 Å². The average molecular weight is 273 g/mol. The maximum atomic E-state index is 6.10. The minimum Gasteiger partial charge on any atom is -0.336 e. The fourth-order valence-electron chi connectivity index (χ4n) is 2.44. The number of nitrogens with zero attached hydrogens (tertiary/aromatic N) is 3. The molecular weight excluding hydrogens is 248 g/mol. The monoisotopic (exact) mass is 272 g/mol. The second-order valence-electron chi connectivity index (χ2n) is 5.54. The molecule has 1 saturated heterocycles. The molecule has 1 aliphatic heterocycles. The van der Waals surface area contributed by atoms with Gasteiger partial charge in [0.25, 0.3) is 0 Å². The first-order valence-electron chi connectivity index (χ1n) is 6.55. The van der Waals surface area contributed by atoms with E-state index in [1.54, 1.807) is 0 Å². The third-order valence-electron chi connectivity index (χ3n) is 3.81. The Morgan fingerprint density at radius 3 is 2.78 bits per heavy atom. The summed E-state index contributed by atoms with van der Waals surface area (Å²) in [6.07, 6.45) is 6.63. The molecule has 4 nitrogen and oxygen atoms in total. The van der Waals surface area contributed by atoms with Gasteiger partial charge in [0.15, 0.2) is 0 Å². The Morgan fingerprint density at radius 1 is 1.50 bits per heavy atom. The van der Waals surface area contributed by atoms with Crippen LogP contribution in [-0.2, 0) is 6.54 Å². The minimum atomic E-state index is 0. The topological polar surface area (TPSA) is 47.1 Å². The van der Waals surface area contributed by atoms with Crippen LogP contribution in [-0.4, -0.2) is 34.1 Å². The van der Waals surface area contributed by atoms with Crippen LogP contribution in [0.25, 0.3) is 0 Å². The molecule has 5 heteroatoms. The van der Waals surface area contributed by atoms with Crippen molar-refractivity contribution in [2.24, 2.45) is 11.7 Å². The van der Waals surface area contributed by atoms with Crippen molar-refractivity contribution in [1.29, 1.82) is 0 Å². The van der Waals surface area contributed by atoms with Gasteiger partial charge in [0.1, 0.15) is 0 Å². The number of halogens is 1. The maximum Gasteiger partial charge on any atom is 0.0950 e. The van der Waals surface area contributed by atoms with E-state index in [1.807, 2.05) is 6.33 Å². The fraction of sp³-hybridized carbons (Fsp3) is 0.769. The molecule has 1 aromatic heterocycles. The lowest BCUT2D eigenvalue weighted by molar-refractivity contribution is 0.282. The first-order chi connectivity index (χ1) is 8.08. The Balaban J connectivity index is 0.00000162. The van der Waals surface area contributed by atoms with Crippen molar-refractivity contribution in [3.8, 4) is 0 Å². The van der Waals surface area contributed by atoms with Gasteiger partial charge in [-0.05, 0) is 32.4 Å². The number of likely N-dealkylation sites (tertiary alicyclic amines) is 1. The van der Waals surface area contributed by atoms with Crippen molar-refractivity contribution in [3.05, 3.63) is 18.2 Å². The maximum absolute atomic E-state index is 6.10. The van der Waals surface area contributed by atoms with Crippen molar-refractivity contribution in [2.45, 2.75) is 45.3 Å². The molecule has 0 amide bonds. The van der Waals surface area contributed by atoms with E-state index in [9.17, 15) is 0 Å². The number of nitrogens with two attached hydrogens (primary N) is 1. The van der Waals surface area contributed by atoms with Gasteiger partial charge in [-0.3, -0.25) is 0 Å². The highest BCUT2D eigenvalue weighted by Crippen LogP contribution is 2.19. The van der Waals surface area contributed by atoms with E-state index in [0.717, 1.165) is 12.2 Å². The third kappa shape index (κ3) is 3.46. The zero-order valence-corrected chi connectivity index (χ0v) is 12.4. The fourth-order valence-corrected chi connectivity index (χ4v) is 2.44. The quantitative estimate of drug-likeness (QED) is 0.913. The number of likely N-dealkylation sites (N-methyl/N-ethyl adjacent to an activating group) is 1. The van der Waals surface area contributed by atoms with Gasteiger partial charge in [0, 0.05) is 18.8 Å². The Bertz CT molecular complexity index is 364. The van der Waals surface area contributed by atoms with Gasteiger partial charge in [-0.25, -0.2) is 4.98 Å². The van der Waals surface area contributed by atoms with Crippen LogP contribution in [0.5, 0.6) is 0 Å². The van der Waals surface area contributed by atoms with Crippen LogP contribution in [0.4, 0.5) is 0 Å². The van der Waals surface area contributed by atoms with Crippen LogP contribution < -0.4 is 5.73 Å². The lowest BCUT2D eigenvalue weighted by atomic mass is 10.0. The van der Waals surface area contributed by atoms with Crippen molar-refractivity contribution in [1.82, 2.24) is 14.5 Å². The first-order valence-corrected chi connectivity index (χ1v) is 6.55. The molecule has 2 rings (SSSR count). The van der Waals surface area contributed by atoms with E-state index >= 15 is 0 Å². The average Bonchev–Trinajstić information content (AvgIpc) is 2.88. The van der Waals surface area contributed by atoms with E-state index in [2.05, 4.69) is 41.5 Å².